The number of likely N-dealkylation sites (N-methyl/N-ethyl adjacent to an activating group) is 1. The molecule has 0 unspecified atom stereocenters. The Morgan fingerprint density at radius 1 is 1.00 bits per heavy atom. The highest BCUT2D eigenvalue weighted by Crippen LogP contribution is 2.31. The zero-order valence-electron chi connectivity index (χ0n) is 14.6. The molecular weight excluding hydrogens is 366 g/mol. The van der Waals surface area contributed by atoms with Crippen LogP contribution in [0.3, 0.4) is 0 Å². The first-order chi connectivity index (χ1) is 12.5. The lowest BCUT2D eigenvalue weighted by atomic mass is 10.2. The van der Waals surface area contributed by atoms with Crippen molar-refractivity contribution in [3.63, 3.8) is 0 Å². The van der Waals surface area contributed by atoms with Crippen molar-refractivity contribution in [3.8, 4) is 11.5 Å². The number of rotatable bonds is 6. The topological polar surface area (TPSA) is 38.8 Å². The molecule has 134 valence electrons. The average Bonchev–Trinajstić information content (AvgIpc) is 2.88. The summed E-state index contributed by atoms with van der Waals surface area (Å²) in [5.41, 5.74) is 2.14. The van der Waals surface area contributed by atoms with Crippen molar-refractivity contribution >= 4 is 40.3 Å². The Hall–Kier alpha value is -2.31. The number of ether oxygens (including phenoxy) is 2. The highest BCUT2D eigenvalue weighted by molar-refractivity contribution is 8.26. The van der Waals surface area contributed by atoms with Crippen LogP contribution in [0.2, 0.25) is 0 Å². The number of nitrogens with zero attached hydrogens (tertiary/aromatic N) is 1. The fraction of sp³-hybridized carbons (Fsp3) is 0.200. The SMILES string of the molecule is Cc1ccc(OCCOc2ccc(/C=C3/SC(=S)N(C)C3=O)cc2)cc1. The molecular formula is C20H19NO3S2. The van der Waals surface area contributed by atoms with Crippen LogP contribution in [0.15, 0.2) is 53.4 Å². The second-order valence-electron chi connectivity index (χ2n) is 5.82. The monoisotopic (exact) mass is 385 g/mol. The van der Waals surface area contributed by atoms with Crippen molar-refractivity contribution in [3.05, 3.63) is 64.6 Å². The lowest BCUT2D eigenvalue weighted by molar-refractivity contribution is -0.121. The van der Waals surface area contributed by atoms with Gasteiger partial charge in [-0.25, -0.2) is 0 Å². The minimum absolute atomic E-state index is 0.0615. The molecule has 4 nitrogen and oxygen atoms in total. The molecule has 2 aromatic rings. The maximum atomic E-state index is 12.0. The molecule has 0 atom stereocenters. The van der Waals surface area contributed by atoms with E-state index < -0.39 is 0 Å². The molecule has 0 bridgehead atoms. The molecule has 26 heavy (non-hydrogen) atoms. The number of thiocarbonyl (C=S) groups is 1. The van der Waals surface area contributed by atoms with Crippen LogP contribution in [0.1, 0.15) is 11.1 Å². The van der Waals surface area contributed by atoms with Crippen LogP contribution in [-0.2, 0) is 4.79 Å². The quantitative estimate of drug-likeness (QED) is 0.421. The third-order valence-electron chi connectivity index (χ3n) is 3.81. The van der Waals surface area contributed by atoms with Crippen LogP contribution >= 0.6 is 24.0 Å². The van der Waals surface area contributed by atoms with E-state index in [1.54, 1.807) is 7.05 Å². The fourth-order valence-corrected chi connectivity index (χ4v) is 3.49. The van der Waals surface area contributed by atoms with Crippen LogP contribution in [0.25, 0.3) is 6.08 Å². The Bertz CT molecular complexity index is 829. The number of hydrogen-bond donors (Lipinski definition) is 0. The zero-order chi connectivity index (χ0) is 18.5. The number of amides is 1. The highest BCUT2D eigenvalue weighted by Gasteiger charge is 2.28. The number of aryl methyl sites for hydroxylation is 1. The van der Waals surface area contributed by atoms with Crippen molar-refractivity contribution in [1.82, 2.24) is 4.90 Å². The molecule has 3 rings (SSSR count). The van der Waals surface area contributed by atoms with Gasteiger partial charge in [0.15, 0.2) is 0 Å². The molecule has 6 heteroatoms. The van der Waals surface area contributed by atoms with Gasteiger partial charge in [-0.2, -0.15) is 0 Å². The molecule has 0 aliphatic carbocycles. The Kier molecular flexibility index (Phi) is 5.96. The van der Waals surface area contributed by atoms with Crippen molar-refractivity contribution in [2.75, 3.05) is 20.3 Å². The Morgan fingerprint density at radius 3 is 2.04 bits per heavy atom. The lowest BCUT2D eigenvalue weighted by Gasteiger charge is -2.09. The molecule has 1 aliphatic rings. The zero-order valence-corrected chi connectivity index (χ0v) is 16.2. The summed E-state index contributed by atoms with van der Waals surface area (Å²) < 4.78 is 11.9. The summed E-state index contributed by atoms with van der Waals surface area (Å²) in [5.74, 6) is 1.54. The molecule has 0 saturated carbocycles. The first kappa shape index (κ1) is 18.5. The summed E-state index contributed by atoms with van der Waals surface area (Å²) in [7, 11) is 1.69. The smallest absolute Gasteiger partial charge is 0.265 e. The lowest BCUT2D eigenvalue weighted by Crippen LogP contribution is -2.22. The number of benzene rings is 2. The molecule has 0 aromatic heterocycles. The van der Waals surface area contributed by atoms with Crippen molar-refractivity contribution in [1.29, 1.82) is 0 Å². The molecule has 0 N–H and O–H groups in total. The van der Waals surface area contributed by atoms with Gasteiger partial charge in [0.25, 0.3) is 5.91 Å². The van der Waals surface area contributed by atoms with Crippen molar-refractivity contribution in [2.45, 2.75) is 6.92 Å². The second-order valence-corrected chi connectivity index (χ2v) is 7.50. The van der Waals surface area contributed by atoms with Gasteiger partial charge in [-0.1, -0.05) is 53.8 Å². The average molecular weight is 386 g/mol. The van der Waals surface area contributed by atoms with E-state index in [2.05, 4.69) is 0 Å². The minimum atomic E-state index is -0.0615. The Balaban J connectivity index is 1.49. The van der Waals surface area contributed by atoms with Gasteiger partial charge < -0.3 is 9.47 Å². The van der Waals surface area contributed by atoms with E-state index in [1.807, 2.05) is 61.5 Å². The highest BCUT2D eigenvalue weighted by atomic mass is 32.2. The second kappa shape index (κ2) is 8.38. The molecule has 1 heterocycles. The van der Waals surface area contributed by atoms with Crippen LogP contribution < -0.4 is 9.47 Å². The third-order valence-corrected chi connectivity index (χ3v) is 5.29. The summed E-state index contributed by atoms with van der Waals surface area (Å²) >= 11 is 6.45. The van der Waals surface area contributed by atoms with E-state index in [0.29, 0.717) is 22.4 Å². The van der Waals surface area contributed by atoms with Crippen molar-refractivity contribution in [2.24, 2.45) is 0 Å². The summed E-state index contributed by atoms with van der Waals surface area (Å²) in [6, 6.07) is 15.5. The first-order valence-corrected chi connectivity index (χ1v) is 9.39. The van der Waals surface area contributed by atoms with Gasteiger partial charge in [0, 0.05) is 7.05 Å². The summed E-state index contributed by atoms with van der Waals surface area (Å²) in [6.07, 6.45) is 1.84. The molecule has 2 aromatic carbocycles. The standard InChI is InChI=1S/C20H19NO3S2/c1-14-3-7-16(8-4-14)23-11-12-24-17-9-5-15(6-10-17)13-18-19(22)21(2)20(25)26-18/h3-10,13H,11-12H2,1-2H3/b18-13+. The van der Waals surface area contributed by atoms with Gasteiger partial charge in [-0.15, -0.1) is 0 Å². The Labute approximate surface area is 162 Å². The van der Waals surface area contributed by atoms with E-state index in [-0.39, 0.29) is 5.91 Å². The predicted octanol–water partition coefficient (Wildman–Crippen LogP) is 4.28. The first-order valence-electron chi connectivity index (χ1n) is 8.17. The summed E-state index contributed by atoms with van der Waals surface area (Å²) in [6.45, 7) is 2.98. The van der Waals surface area contributed by atoms with Gasteiger partial charge in [0.05, 0.1) is 4.91 Å². The fourth-order valence-electron chi connectivity index (χ4n) is 2.31. The predicted molar refractivity (Wildman–Crippen MR) is 110 cm³/mol. The van der Waals surface area contributed by atoms with Gasteiger partial charge in [0.2, 0.25) is 0 Å². The van der Waals surface area contributed by atoms with Gasteiger partial charge >= 0.3 is 0 Å². The van der Waals surface area contributed by atoms with E-state index in [4.69, 9.17) is 21.7 Å². The number of carbonyl (C=O) groups excluding carboxylic acids is 1. The van der Waals surface area contributed by atoms with Crippen molar-refractivity contribution < 1.29 is 14.3 Å². The third kappa shape index (κ3) is 4.65. The number of thioether (sulfide) groups is 1. The van der Waals surface area contributed by atoms with Crippen LogP contribution in [0.4, 0.5) is 0 Å². The van der Waals surface area contributed by atoms with E-state index in [9.17, 15) is 4.79 Å². The number of hydrogen-bond acceptors (Lipinski definition) is 5. The summed E-state index contributed by atoms with van der Waals surface area (Å²) in [4.78, 5) is 14.1. The molecule has 1 fully saturated rings. The maximum Gasteiger partial charge on any atom is 0.265 e. The van der Waals surface area contributed by atoms with Crippen LogP contribution in [0.5, 0.6) is 11.5 Å². The number of carbonyl (C=O) groups is 1. The Morgan fingerprint density at radius 2 is 1.54 bits per heavy atom. The van der Waals surface area contributed by atoms with Gasteiger partial charge in [-0.3, -0.25) is 9.69 Å². The molecule has 0 radical (unpaired) electrons. The normalized spacial score (nSPS) is 15.6. The van der Waals surface area contributed by atoms with E-state index in [1.165, 1.54) is 22.2 Å². The van der Waals surface area contributed by atoms with Gasteiger partial charge in [0.1, 0.15) is 29.0 Å². The molecule has 1 amide bonds. The molecule has 1 saturated heterocycles. The molecule has 0 spiro atoms. The summed E-state index contributed by atoms with van der Waals surface area (Å²) in [5, 5.41) is 0. The molecule has 1 aliphatic heterocycles. The van der Waals surface area contributed by atoms with Gasteiger partial charge in [-0.05, 0) is 42.8 Å². The van der Waals surface area contributed by atoms with Crippen LogP contribution in [0, 0.1) is 6.92 Å². The maximum absolute atomic E-state index is 12.0. The minimum Gasteiger partial charge on any atom is -0.490 e. The van der Waals surface area contributed by atoms with E-state index >= 15 is 0 Å². The largest absolute Gasteiger partial charge is 0.490 e. The van der Waals surface area contributed by atoms with Crippen LogP contribution in [-0.4, -0.2) is 35.4 Å². The van der Waals surface area contributed by atoms with E-state index in [0.717, 1.165) is 17.1 Å².